The van der Waals surface area contributed by atoms with Crippen molar-refractivity contribution in [2.75, 3.05) is 13.6 Å². The number of carbonyl (C=O) groups excluding carboxylic acids is 1. The zero-order chi connectivity index (χ0) is 14.8. The lowest BCUT2D eigenvalue weighted by Crippen LogP contribution is -2.44. The molecule has 2 saturated heterocycles. The molecule has 0 radical (unpaired) electrons. The molecule has 2 heterocycles. The molecule has 4 heteroatoms. The van der Waals surface area contributed by atoms with Gasteiger partial charge in [0.25, 0.3) is 0 Å². The molecule has 4 nitrogen and oxygen atoms in total. The molecule has 0 spiro atoms. The zero-order valence-electron chi connectivity index (χ0n) is 12.7. The van der Waals surface area contributed by atoms with Gasteiger partial charge >= 0.3 is 0 Å². The zero-order valence-corrected chi connectivity index (χ0v) is 12.7. The van der Waals surface area contributed by atoms with E-state index in [9.17, 15) is 4.79 Å². The lowest BCUT2D eigenvalue weighted by Gasteiger charge is -2.36. The van der Waals surface area contributed by atoms with Crippen LogP contribution in [0.5, 0.6) is 0 Å². The predicted molar refractivity (Wildman–Crippen MR) is 83.7 cm³/mol. The molecule has 1 aromatic carbocycles. The summed E-state index contributed by atoms with van der Waals surface area (Å²) in [5, 5.41) is 3.05. The van der Waals surface area contributed by atoms with Crippen molar-refractivity contribution in [1.82, 2.24) is 10.2 Å². The first-order valence-corrected chi connectivity index (χ1v) is 7.95. The van der Waals surface area contributed by atoms with E-state index in [-0.39, 0.29) is 5.91 Å². The molecule has 2 unspecified atom stereocenters. The molecule has 21 heavy (non-hydrogen) atoms. The Labute approximate surface area is 126 Å². The Bertz CT molecular complexity index is 476. The topological polar surface area (TPSA) is 58.4 Å². The average molecular weight is 287 g/mol. The third-order valence-corrected chi connectivity index (χ3v) is 5.20. The minimum absolute atomic E-state index is 0.0625. The first-order chi connectivity index (χ1) is 10.1. The molecule has 114 valence electrons. The predicted octanol–water partition coefficient (Wildman–Crippen LogP) is 1.68. The summed E-state index contributed by atoms with van der Waals surface area (Å²) in [5.74, 6) is 0.540. The van der Waals surface area contributed by atoms with Gasteiger partial charge in [-0.25, -0.2) is 0 Å². The standard InChI is InChI=1S/C17H25N3O/c1-20-14-7-8-15(20)10-12(9-14)11-19-17(21)16(18)13-5-3-2-4-6-13/h2-6,12,14-16H,7-11,18H2,1H3,(H,19,21)/t12?,14?,15?,16-/m0/s1. The number of nitrogens with zero attached hydrogens (tertiary/aromatic N) is 1. The Morgan fingerprint density at radius 2 is 1.90 bits per heavy atom. The molecule has 2 bridgehead atoms. The molecule has 0 saturated carbocycles. The van der Waals surface area contributed by atoms with E-state index in [2.05, 4.69) is 17.3 Å². The molecular weight excluding hydrogens is 262 g/mol. The van der Waals surface area contributed by atoms with E-state index in [1.165, 1.54) is 25.7 Å². The van der Waals surface area contributed by atoms with Gasteiger partial charge < -0.3 is 16.0 Å². The van der Waals surface area contributed by atoms with Crippen molar-refractivity contribution < 1.29 is 4.79 Å². The monoisotopic (exact) mass is 287 g/mol. The molecule has 3 rings (SSSR count). The van der Waals surface area contributed by atoms with Crippen LogP contribution in [0.15, 0.2) is 30.3 Å². The summed E-state index contributed by atoms with van der Waals surface area (Å²) < 4.78 is 0. The Hall–Kier alpha value is -1.39. The van der Waals surface area contributed by atoms with E-state index >= 15 is 0 Å². The van der Waals surface area contributed by atoms with Crippen molar-refractivity contribution in [2.24, 2.45) is 11.7 Å². The highest BCUT2D eigenvalue weighted by atomic mass is 16.2. The smallest absolute Gasteiger partial charge is 0.241 e. The summed E-state index contributed by atoms with van der Waals surface area (Å²) in [6.07, 6.45) is 5.03. The van der Waals surface area contributed by atoms with Gasteiger partial charge in [0.15, 0.2) is 0 Å². The number of hydrogen-bond acceptors (Lipinski definition) is 3. The highest BCUT2D eigenvalue weighted by Gasteiger charge is 2.38. The van der Waals surface area contributed by atoms with Crippen LogP contribution in [0.2, 0.25) is 0 Å². The molecule has 0 aromatic heterocycles. The Balaban J connectivity index is 1.50. The number of rotatable bonds is 4. The summed E-state index contributed by atoms with van der Waals surface area (Å²) >= 11 is 0. The third kappa shape index (κ3) is 3.11. The fourth-order valence-electron chi connectivity index (χ4n) is 3.86. The van der Waals surface area contributed by atoms with Gasteiger partial charge in [-0.3, -0.25) is 4.79 Å². The van der Waals surface area contributed by atoms with Gasteiger partial charge in [0, 0.05) is 18.6 Å². The largest absolute Gasteiger partial charge is 0.354 e. The molecule has 0 aliphatic carbocycles. The molecule has 1 aromatic rings. The Morgan fingerprint density at radius 3 is 2.52 bits per heavy atom. The summed E-state index contributed by atoms with van der Waals surface area (Å²) in [4.78, 5) is 14.7. The lowest BCUT2D eigenvalue weighted by molar-refractivity contribution is -0.122. The second kappa shape index (κ2) is 6.16. The number of carbonyl (C=O) groups is 1. The van der Waals surface area contributed by atoms with Crippen molar-refractivity contribution in [3.63, 3.8) is 0 Å². The fourth-order valence-corrected chi connectivity index (χ4v) is 3.86. The van der Waals surface area contributed by atoms with Gasteiger partial charge in [0.05, 0.1) is 0 Å². The van der Waals surface area contributed by atoms with Crippen molar-refractivity contribution in [2.45, 2.75) is 43.8 Å². The van der Waals surface area contributed by atoms with Crippen molar-refractivity contribution in [3.8, 4) is 0 Å². The second-order valence-corrected chi connectivity index (χ2v) is 6.52. The molecular formula is C17H25N3O. The van der Waals surface area contributed by atoms with Crippen LogP contribution in [0.3, 0.4) is 0 Å². The van der Waals surface area contributed by atoms with Gasteiger partial charge in [-0.2, -0.15) is 0 Å². The maximum atomic E-state index is 12.2. The third-order valence-electron chi connectivity index (χ3n) is 5.20. The average Bonchev–Trinajstić information content (AvgIpc) is 2.75. The second-order valence-electron chi connectivity index (χ2n) is 6.52. The normalized spacial score (nSPS) is 30.1. The van der Waals surface area contributed by atoms with Gasteiger partial charge in [-0.05, 0) is 44.2 Å². The van der Waals surface area contributed by atoms with E-state index in [1.54, 1.807) is 0 Å². The first kappa shape index (κ1) is 14.5. The Kier molecular flexibility index (Phi) is 4.27. The highest BCUT2D eigenvalue weighted by Crippen LogP contribution is 2.37. The molecule has 2 aliphatic rings. The van der Waals surface area contributed by atoms with Crippen LogP contribution in [0.4, 0.5) is 0 Å². The number of nitrogens with two attached hydrogens (primary N) is 1. The minimum Gasteiger partial charge on any atom is -0.354 e. The van der Waals surface area contributed by atoms with Gasteiger partial charge in [-0.15, -0.1) is 0 Å². The lowest BCUT2D eigenvalue weighted by atomic mass is 9.91. The van der Waals surface area contributed by atoms with Gasteiger partial charge in [0.1, 0.15) is 6.04 Å². The molecule has 2 fully saturated rings. The van der Waals surface area contributed by atoms with Crippen LogP contribution in [0, 0.1) is 5.92 Å². The number of fused-ring (bicyclic) bond motifs is 2. The van der Waals surface area contributed by atoms with Gasteiger partial charge in [-0.1, -0.05) is 30.3 Å². The maximum Gasteiger partial charge on any atom is 0.241 e. The van der Waals surface area contributed by atoms with Crippen molar-refractivity contribution >= 4 is 5.91 Å². The van der Waals surface area contributed by atoms with E-state index in [0.717, 1.165) is 12.1 Å². The number of nitrogens with one attached hydrogen (secondary N) is 1. The van der Waals surface area contributed by atoms with Crippen LogP contribution in [0.25, 0.3) is 0 Å². The molecule has 3 atom stereocenters. The summed E-state index contributed by atoms with van der Waals surface area (Å²) in [5.41, 5.74) is 6.90. The van der Waals surface area contributed by atoms with Crippen LogP contribution in [-0.2, 0) is 4.79 Å². The number of amides is 1. The van der Waals surface area contributed by atoms with Crippen molar-refractivity contribution in [3.05, 3.63) is 35.9 Å². The highest BCUT2D eigenvalue weighted by molar-refractivity contribution is 5.82. The molecule has 1 amide bonds. The van der Waals surface area contributed by atoms with E-state index in [4.69, 9.17) is 5.73 Å². The summed E-state index contributed by atoms with van der Waals surface area (Å²) in [7, 11) is 2.24. The van der Waals surface area contributed by atoms with Crippen LogP contribution in [-0.4, -0.2) is 36.5 Å². The van der Waals surface area contributed by atoms with E-state index < -0.39 is 6.04 Å². The quantitative estimate of drug-likeness (QED) is 0.886. The van der Waals surface area contributed by atoms with Gasteiger partial charge in [0.2, 0.25) is 5.91 Å². The summed E-state index contributed by atoms with van der Waals surface area (Å²) in [6.45, 7) is 0.764. The van der Waals surface area contributed by atoms with Crippen LogP contribution in [0.1, 0.15) is 37.3 Å². The van der Waals surface area contributed by atoms with E-state index in [1.807, 2.05) is 30.3 Å². The SMILES string of the molecule is CN1C2CCC1CC(CNC(=O)[C@@H](N)c1ccccc1)C2. The number of hydrogen-bond donors (Lipinski definition) is 2. The number of piperidine rings is 1. The van der Waals surface area contributed by atoms with Crippen molar-refractivity contribution in [1.29, 1.82) is 0 Å². The van der Waals surface area contributed by atoms with Crippen LogP contribution >= 0.6 is 0 Å². The first-order valence-electron chi connectivity index (χ1n) is 7.95. The molecule has 2 aliphatic heterocycles. The molecule has 3 N–H and O–H groups in total. The summed E-state index contributed by atoms with van der Waals surface area (Å²) in [6, 6.07) is 10.4. The Morgan fingerprint density at radius 1 is 1.29 bits per heavy atom. The van der Waals surface area contributed by atoms with E-state index in [0.29, 0.717) is 18.0 Å². The number of benzene rings is 1. The fraction of sp³-hybridized carbons (Fsp3) is 0.588. The maximum absolute atomic E-state index is 12.2. The minimum atomic E-state index is -0.561. The van der Waals surface area contributed by atoms with Crippen LogP contribution < -0.4 is 11.1 Å².